The van der Waals surface area contributed by atoms with Gasteiger partial charge in [-0.2, -0.15) is 0 Å². The van der Waals surface area contributed by atoms with Crippen LogP contribution in [-0.2, 0) is 25.3 Å². The Kier molecular flexibility index (Phi) is 6.42. The maximum atomic E-state index is 12.1. The van der Waals surface area contributed by atoms with Crippen LogP contribution < -0.4 is 10.6 Å². The van der Waals surface area contributed by atoms with E-state index in [4.69, 9.17) is 9.47 Å². The molecule has 1 heterocycles. The summed E-state index contributed by atoms with van der Waals surface area (Å²) in [4.78, 5) is 24.6. The first-order valence-corrected chi connectivity index (χ1v) is 10.6. The molecular formula is C15H24NO5PS. The first-order valence-electron chi connectivity index (χ1n) is 7.12. The first kappa shape index (κ1) is 19.7. The van der Waals surface area contributed by atoms with Crippen molar-refractivity contribution in [3.8, 4) is 0 Å². The van der Waals surface area contributed by atoms with E-state index >= 15 is 0 Å². The van der Waals surface area contributed by atoms with E-state index in [1.54, 1.807) is 40.2 Å². The zero-order chi connectivity index (χ0) is 17.8. The third-order valence-corrected chi connectivity index (χ3v) is 5.48. The minimum Gasteiger partial charge on any atom is -0.467 e. The van der Waals surface area contributed by atoms with E-state index < -0.39 is 30.8 Å². The lowest BCUT2D eigenvalue weighted by Gasteiger charge is -2.22. The summed E-state index contributed by atoms with van der Waals surface area (Å²) in [6.07, 6.45) is -0.419. The molecule has 23 heavy (non-hydrogen) atoms. The smallest absolute Gasteiger partial charge is 0.408 e. The van der Waals surface area contributed by atoms with Crippen LogP contribution in [-0.4, -0.2) is 44.1 Å². The highest BCUT2D eigenvalue weighted by Crippen LogP contribution is 2.36. The molecule has 0 aromatic carbocycles. The molecule has 0 aliphatic rings. The molecule has 1 N–H and O–H groups in total. The monoisotopic (exact) mass is 361 g/mol. The Morgan fingerprint density at radius 1 is 1.35 bits per heavy atom. The van der Waals surface area contributed by atoms with E-state index in [0.29, 0.717) is 0 Å². The molecule has 8 heteroatoms. The highest BCUT2D eigenvalue weighted by Gasteiger charge is 2.26. The minimum atomic E-state index is -2.34. The zero-order valence-electron chi connectivity index (χ0n) is 14.3. The second-order valence-corrected chi connectivity index (χ2v) is 10.8. The van der Waals surface area contributed by atoms with Crippen LogP contribution in [0.2, 0.25) is 0 Å². The predicted molar refractivity (Wildman–Crippen MR) is 92.3 cm³/mol. The molecule has 0 saturated carbocycles. The lowest BCUT2D eigenvalue weighted by Crippen LogP contribution is -2.45. The summed E-state index contributed by atoms with van der Waals surface area (Å²) in [7, 11) is -1.08. The van der Waals surface area contributed by atoms with Crippen molar-refractivity contribution in [3.05, 3.63) is 16.3 Å². The van der Waals surface area contributed by atoms with Crippen molar-refractivity contribution < 1.29 is 23.6 Å². The Morgan fingerprint density at radius 3 is 2.39 bits per heavy atom. The number of ether oxygens (including phenoxy) is 2. The lowest BCUT2D eigenvalue weighted by molar-refractivity contribution is -0.143. The number of hydrogen-bond donors (Lipinski definition) is 1. The van der Waals surface area contributed by atoms with Gasteiger partial charge in [-0.15, -0.1) is 11.3 Å². The molecule has 1 amide bonds. The Bertz CT molecular complexity index is 614. The topological polar surface area (TPSA) is 81.7 Å². The molecule has 0 fully saturated rings. The molecule has 1 aromatic rings. The third kappa shape index (κ3) is 6.75. The number of nitrogens with one attached hydrogen (secondary N) is 1. The fourth-order valence-corrected chi connectivity index (χ4v) is 4.27. The molecule has 0 unspecified atom stereocenters. The number of esters is 1. The van der Waals surface area contributed by atoms with E-state index in [1.165, 1.54) is 18.4 Å². The average Bonchev–Trinajstić information content (AvgIpc) is 2.83. The SMILES string of the molecule is COC(=O)[C@H](Cc1cc(P(C)(C)=O)cs1)NC(=O)OC(C)(C)C. The average molecular weight is 361 g/mol. The third-order valence-electron chi connectivity index (χ3n) is 2.84. The maximum absolute atomic E-state index is 12.1. The number of carbonyl (C=O) groups is 2. The van der Waals surface area contributed by atoms with E-state index in [1.807, 2.05) is 5.38 Å². The van der Waals surface area contributed by atoms with Gasteiger partial charge in [0.15, 0.2) is 0 Å². The standard InChI is InChI=1S/C15H24NO5PS/c1-15(2,3)21-14(18)16-12(13(17)20-4)8-11-7-10(9-23-11)22(5,6)19/h7,9,12H,8H2,1-6H3,(H,16,18)/t12-/m0/s1. The molecule has 0 aliphatic carbocycles. The largest absolute Gasteiger partial charge is 0.467 e. The summed E-state index contributed by atoms with van der Waals surface area (Å²) in [6, 6.07) is 0.951. The number of alkyl carbamates (subject to hydrolysis) is 1. The van der Waals surface area contributed by atoms with Crippen molar-refractivity contribution in [3.63, 3.8) is 0 Å². The molecule has 130 valence electrons. The van der Waals surface area contributed by atoms with Crippen molar-refractivity contribution in [2.45, 2.75) is 38.8 Å². The van der Waals surface area contributed by atoms with Gasteiger partial charge in [0.1, 0.15) is 18.8 Å². The van der Waals surface area contributed by atoms with Gasteiger partial charge in [0, 0.05) is 22.0 Å². The van der Waals surface area contributed by atoms with Gasteiger partial charge in [-0.25, -0.2) is 9.59 Å². The van der Waals surface area contributed by atoms with Crippen LogP contribution in [0.1, 0.15) is 25.6 Å². The van der Waals surface area contributed by atoms with Gasteiger partial charge in [0.2, 0.25) is 0 Å². The highest BCUT2D eigenvalue weighted by atomic mass is 32.1. The summed E-state index contributed by atoms with van der Waals surface area (Å²) in [5.74, 6) is -0.554. The van der Waals surface area contributed by atoms with Gasteiger partial charge >= 0.3 is 12.1 Å². The number of rotatable bonds is 5. The van der Waals surface area contributed by atoms with Gasteiger partial charge in [-0.05, 0) is 40.2 Å². The van der Waals surface area contributed by atoms with Crippen LogP contribution in [0.25, 0.3) is 0 Å². The molecule has 1 atom stereocenters. The number of methoxy groups -OCH3 is 1. The van der Waals surface area contributed by atoms with Crippen molar-refractivity contribution in [1.29, 1.82) is 0 Å². The van der Waals surface area contributed by atoms with Crippen LogP contribution in [0.4, 0.5) is 4.79 Å². The molecule has 1 rings (SSSR count). The summed E-state index contributed by atoms with van der Waals surface area (Å²) in [5.41, 5.74) is -0.655. The molecule has 0 spiro atoms. The van der Waals surface area contributed by atoms with Crippen LogP contribution in [0.5, 0.6) is 0 Å². The van der Waals surface area contributed by atoms with Crippen LogP contribution in [0.3, 0.4) is 0 Å². The molecule has 1 aromatic heterocycles. The lowest BCUT2D eigenvalue weighted by atomic mass is 10.2. The molecule has 0 aliphatic heterocycles. The van der Waals surface area contributed by atoms with Gasteiger partial charge in [0.05, 0.1) is 7.11 Å². The second-order valence-electron chi connectivity index (χ2n) is 6.55. The van der Waals surface area contributed by atoms with Crippen molar-refractivity contribution in [2.24, 2.45) is 0 Å². The zero-order valence-corrected chi connectivity index (χ0v) is 16.0. The first-order chi connectivity index (χ1) is 10.4. The fraction of sp³-hybridized carbons (Fsp3) is 0.600. The van der Waals surface area contributed by atoms with Gasteiger partial charge in [0.25, 0.3) is 0 Å². The number of hydrogen-bond acceptors (Lipinski definition) is 6. The van der Waals surface area contributed by atoms with E-state index in [0.717, 1.165) is 10.2 Å². The molecular weight excluding hydrogens is 337 g/mol. The number of thiophene rings is 1. The predicted octanol–water partition coefficient (Wildman–Crippen LogP) is 2.60. The number of amides is 1. The molecule has 0 radical (unpaired) electrons. The van der Waals surface area contributed by atoms with Crippen molar-refractivity contribution >= 4 is 35.8 Å². The Morgan fingerprint density at radius 2 is 1.96 bits per heavy atom. The van der Waals surface area contributed by atoms with E-state index in [2.05, 4.69) is 5.32 Å². The Hall–Kier alpha value is -1.33. The van der Waals surface area contributed by atoms with Crippen molar-refractivity contribution in [1.82, 2.24) is 5.32 Å². The quantitative estimate of drug-likeness (QED) is 0.644. The van der Waals surface area contributed by atoms with E-state index in [-0.39, 0.29) is 6.42 Å². The second kappa shape index (κ2) is 7.49. The van der Waals surface area contributed by atoms with E-state index in [9.17, 15) is 14.2 Å². The highest BCUT2D eigenvalue weighted by molar-refractivity contribution is 7.70. The maximum Gasteiger partial charge on any atom is 0.408 e. The van der Waals surface area contributed by atoms with Crippen LogP contribution in [0.15, 0.2) is 11.4 Å². The van der Waals surface area contributed by atoms with Crippen LogP contribution in [0, 0.1) is 0 Å². The molecule has 0 saturated heterocycles. The van der Waals surface area contributed by atoms with Crippen molar-refractivity contribution in [2.75, 3.05) is 20.4 Å². The summed E-state index contributed by atoms with van der Waals surface area (Å²) in [5, 5.41) is 5.10. The summed E-state index contributed by atoms with van der Waals surface area (Å²) in [6.45, 7) is 8.60. The number of carbonyl (C=O) groups excluding carboxylic acids is 2. The normalized spacial score (nSPS) is 13.3. The van der Waals surface area contributed by atoms with Gasteiger partial charge in [-0.3, -0.25) is 0 Å². The molecule has 0 bridgehead atoms. The molecule has 6 nitrogen and oxygen atoms in total. The van der Waals surface area contributed by atoms with Crippen LogP contribution >= 0.6 is 18.5 Å². The summed E-state index contributed by atoms with van der Waals surface area (Å²) < 4.78 is 22.0. The minimum absolute atomic E-state index is 0.260. The summed E-state index contributed by atoms with van der Waals surface area (Å²) >= 11 is 1.40. The fourth-order valence-electron chi connectivity index (χ4n) is 1.75. The Labute approximate surface area is 140 Å². The van der Waals surface area contributed by atoms with Gasteiger partial charge in [-0.1, -0.05) is 0 Å². The van der Waals surface area contributed by atoms with Gasteiger partial charge < -0.3 is 19.4 Å². The Balaban J connectivity index is 2.83.